The SMILES string of the molecule is CCc1ccccc1NC(=O)N(CCCO)C1CCc2ccccc21. The molecule has 1 atom stereocenters. The van der Waals surface area contributed by atoms with Crippen molar-refractivity contribution >= 4 is 11.7 Å². The minimum absolute atomic E-state index is 0.0801. The quantitative estimate of drug-likeness (QED) is 0.831. The third-order valence-electron chi connectivity index (χ3n) is 4.94. The molecule has 0 aliphatic heterocycles. The number of para-hydroxylation sites is 1. The number of aliphatic hydroxyl groups excluding tert-OH is 1. The Bertz CT molecular complexity index is 729. The summed E-state index contributed by atoms with van der Waals surface area (Å²) in [6, 6.07) is 16.3. The van der Waals surface area contributed by atoms with E-state index in [0.29, 0.717) is 13.0 Å². The number of aliphatic hydroxyl groups is 1. The summed E-state index contributed by atoms with van der Waals surface area (Å²) in [6.45, 7) is 2.72. The molecule has 132 valence electrons. The van der Waals surface area contributed by atoms with Crippen LogP contribution in [0.5, 0.6) is 0 Å². The summed E-state index contributed by atoms with van der Waals surface area (Å²) >= 11 is 0. The summed E-state index contributed by atoms with van der Waals surface area (Å²) in [4.78, 5) is 14.9. The van der Waals surface area contributed by atoms with E-state index in [1.807, 2.05) is 35.2 Å². The van der Waals surface area contributed by atoms with E-state index in [1.54, 1.807) is 0 Å². The number of hydrogen-bond acceptors (Lipinski definition) is 2. The molecule has 3 rings (SSSR count). The Kier molecular flexibility index (Phi) is 5.71. The van der Waals surface area contributed by atoms with E-state index < -0.39 is 0 Å². The minimum atomic E-state index is -0.0870. The van der Waals surface area contributed by atoms with E-state index >= 15 is 0 Å². The van der Waals surface area contributed by atoms with Crippen molar-refractivity contribution in [3.63, 3.8) is 0 Å². The van der Waals surface area contributed by atoms with Gasteiger partial charge in [-0.2, -0.15) is 0 Å². The molecule has 0 heterocycles. The number of carbonyl (C=O) groups is 1. The Morgan fingerprint density at radius 1 is 1.20 bits per heavy atom. The third kappa shape index (κ3) is 3.85. The van der Waals surface area contributed by atoms with Gasteiger partial charge in [-0.05, 0) is 48.4 Å². The molecule has 0 radical (unpaired) electrons. The van der Waals surface area contributed by atoms with Gasteiger partial charge < -0.3 is 15.3 Å². The number of aryl methyl sites for hydroxylation is 2. The van der Waals surface area contributed by atoms with Crippen LogP contribution in [0.4, 0.5) is 10.5 Å². The first-order chi connectivity index (χ1) is 12.2. The second kappa shape index (κ2) is 8.17. The molecule has 25 heavy (non-hydrogen) atoms. The second-order valence-electron chi connectivity index (χ2n) is 6.46. The average molecular weight is 338 g/mol. The largest absolute Gasteiger partial charge is 0.396 e. The number of anilines is 1. The first kappa shape index (κ1) is 17.5. The van der Waals surface area contributed by atoms with Crippen LogP contribution in [0.15, 0.2) is 48.5 Å². The van der Waals surface area contributed by atoms with E-state index in [1.165, 1.54) is 11.1 Å². The van der Waals surface area contributed by atoms with Gasteiger partial charge in [-0.3, -0.25) is 0 Å². The van der Waals surface area contributed by atoms with Crippen molar-refractivity contribution in [1.29, 1.82) is 0 Å². The highest BCUT2D eigenvalue weighted by atomic mass is 16.3. The molecular weight excluding hydrogens is 312 g/mol. The van der Waals surface area contributed by atoms with Gasteiger partial charge in [-0.1, -0.05) is 49.4 Å². The van der Waals surface area contributed by atoms with E-state index in [2.05, 4.69) is 30.4 Å². The smallest absolute Gasteiger partial charge is 0.322 e. The predicted octanol–water partition coefficient (Wildman–Crippen LogP) is 4.15. The molecular formula is C21H26N2O2. The molecule has 0 saturated carbocycles. The normalized spacial score (nSPS) is 15.7. The Morgan fingerprint density at radius 2 is 1.96 bits per heavy atom. The summed E-state index contributed by atoms with van der Waals surface area (Å²) in [6.07, 6.45) is 3.39. The molecule has 1 unspecified atom stereocenters. The second-order valence-corrected chi connectivity index (χ2v) is 6.46. The van der Waals surface area contributed by atoms with Crippen molar-refractivity contribution in [1.82, 2.24) is 4.90 Å². The van der Waals surface area contributed by atoms with Gasteiger partial charge in [0.15, 0.2) is 0 Å². The molecule has 1 aliphatic rings. The van der Waals surface area contributed by atoms with Gasteiger partial charge in [0.1, 0.15) is 0 Å². The molecule has 0 bridgehead atoms. The zero-order valence-electron chi connectivity index (χ0n) is 14.7. The number of hydrogen-bond donors (Lipinski definition) is 2. The number of rotatable bonds is 6. The maximum atomic E-state index is 13.0. The van der Waals surface area contributed by atoms with Crippen molar-refractivity contribution < 1.29 is 9.90 Å². The zero-order chi connectivity index (χ0) is 17.6. The predicted molar refractivity (Wildman–Crippen MR) is 101 cm³/mol. The molecule has 2 aromatic rings. The minimum Gasteiger partial charge on any atom is -0.396 e. The van der Waals surface area contributed by atoms with Gasteiger partial charge >= 0.3 is 6.03 Å². The summed E-state index contributed by atoms with van der Waals surface area (Å²) in [5.41, 5.74) is 4.56. The van der Waals surface area contributed by atoms with Gasteiger partial charge in [0.05, 0.1) is 6.04 Å². The van der Waals surface area contributed by atoms with Crippen molar-refractivity contribution in [3.05, 3.63) is 65.2 Å². The van der Waals surface area contributed by atoms with Crippen LogP contribution in [0.25, 0.3) is 0 Å². The number of nitrogens with one attached hydrogen (secondary N) is 1. The molecule has 0 saturated heterocycles. The molecule has 2 N–H and O–H groups in total. The monoisotopic (exact) mass is 338 g/mol. The molecule has 1 aliphatic carbocycles. The lowest BCUT2D eigenvalue weighted by atomic mass is 10.1. The maximum Gasteiger partial charge on any atom is 0.322 e. The van der Waals surface area contributed by atoms with Gasteiger partial charge in [-0.15, -0.1) is 0 Å². The molecule has 0 fully saturated rings. The van der Waals surface area contributed by atoms with Gasteiger partial charge in [0.2, 0.25) is 0 Å². The molecule has 4 heteroatoms. The lowest BCUT2D eigenvalue weighted by Crippen LogP contribution is -2.38. The number of urea groups is 1. The van der Waals surface area contributed by atoms with Crippen LogP contribution in [-0.2, 0) is 12.8 Å². The number of benzene rings is 2. The molecule has 4 nitrogen and oxygen atoms in total. The highest BCUT2D eigenvalue weighted by molar-refractivity contribution is 5.90. The Balaban J connectivity index is 1.82. The first-order valence-corrected chi connectivity index (χ1v) is 9.08. The van der Waals surface area contributed by atoms with Crippen LogP contribution in [0.1, 0.15) is 42.5 Å². The lowest BCUT2D eigenvalue weighted by Gasteiger charge is -2.30. The first-order valence-electron chi connectivity index (χ1n) is 9.08. The van der Waals surface area contributed by atoms with Gasteiger partial charge in [0, 0.05) is 18.8 Å². The maximum absolute atomic E-state index is 13.0. The van der Waals surface area contributed by atoms with Gasteiger partial charge in [-0.25, -0.2) is 4.79 Å². The Labute approximate surface area is 149 Å². The van der Waals surface area contributed by atoms with Crippen LogP contribution in [-0.4, -0.2) is 29.2 Å². The molecule has 0 aromatic heterocycles. The summed E-state index contributed by atoms with van der Waals surface area (Å²) in [5.74, 6) is 0. The fourth-order valence-corrected chi connectivity index (χ4v) is 3.64. The highest BCUT2D eigenvalue weighted by Gasteiger charge is 2.30. The van der Waals surface area contributed by atoms with Crippen LogP contribution < -0.4 is 5.32 Å². The third-order valence-corrected chi connectivity index (χ3v) is 4.94. The molecule has 0 spiro atoms. The van der Waals surface area contributed by atoms with Crippen LogP contribution >= 0.6 is 0 Å². The number of carbonyl (C=O) groups excluding carboxylic acids is 1. The number of nitrogens with zero attached hydrogens (tertiary/aromatic N) is 1. The van der Waals surface area contributed by atoms with E-state index in [4.69, 9.17) is 0 Å². The van der Waals surface area contributed by atoms with Crippen molar-refractivity contribution in [3.8, 4) is 0 Å². The topological polar surface area (TPSA) is 52.6 Å². The number of fused-ring (bicyclic) bond motifs is 1. The average Bonchev–Trinajstić information content (AvgIpc) is 3.06. The van der Waals surface area contributed by atoms with E-state index in [0.717, 1.165) is 30.5 Å². The van der Waals surface area contributed by atoms with Gasteiger partial charge in [0.25, 0.3) is 0 Å². The summed E-state index contributed by atoms with van der Waals surface area (Å²) < 4.78 is 0. The van der Waals surface area contributed by atoms with E-state index in [9.17, 15) is 9.90 Å². The fraction of sp³-hybridized carbons (Fsp3) is 0.381. The zero-order valence-corrected chi connectivity index (χ0v) is 14.7. The number of amides is 2. The Hall–Kier alpha value is -2.33. The van der Waals surface area contributed by atoms with Crippen LogP contribution in [0.3, 0.4) is 0 Å². The Morgan fingerprint density at radius 3 is 2.76 bits per heavy atom. The lowest BCUT2D eigenvalue weighted by molar-refractivity contribution is 0.177. The summed E-state index contributed by atoms with van der Waals surface area (Å²) in [5, 5.41) is 12.3. The van der Waals surface area contributed by atoms with Crippen LogP contribution in [0, 0.1) is 0 Å². The highest BCUT2D eigenvalue weighted by Crippen LogP contribution is 2.36. The van der Waals surface area contributed by atoms with Crippen molar-refractivity contribution in [2.75, 3.05) is 18.5 Å². The fourth-order valence-electron chi connectivity index (χ4n) is 3.64. The van der Waals surface area contributed by atoms with Crippen molar-refractivity contribution in [2.45, 2.75) is 38.6 Å². The van der Waals surface area contributed by atoms with Crippen molar-refractivity contribution in [2.24, 2.45) is 0 Å². The standard InChI is InChI=1S/C21H26N2O2/c1-2-16-8-4-6-11-19(16)22-21(25)23(14-7-15-24)20-13-12-17-9-3-5-10-18(17)20/h3-6,8-11,20,24H,2,7,12-15H2,1H3,(H,22,25). The molecule has 2 aromatic carbocycles. The van der Waals surface area contributed by atoms with E-state index in [-0.39, 0.29) is 18.7 Å². The van der Waals surface area contributed by atoms with Crippen LogP contribution in [0.2, 0.25) is 0 Å². The summed E-state index contributed by atoms with van der Waals surface area (Å²) in [7, 11) is 0. The molecule has 2 amide bonds.